The lowest BCUT2D eigenvalue weighted by Crippen LogP contribution is -2.50. The van der Waals surface area contributed by atoms with Crippen LogP contribution in [0.25, 0.3) is 0 Å². The van der Waals surface area contributed by atoms with E-state index in [0.29, 0.717) is 32.2 Å². The molecule has 0 bridgehead atoms. The smallest absolute Gasteiger partial charge is 0.416 e. The Morgan fingerprint density at radius 2 is 1.74 bits per heavy atom. The van der Waals surface area contributed by atoms with Crippen LogP contribution in [0.3, 0.4) is 0 Å². The number of nitrogens with zero attached hydrogens (tertiary/aromatic N) is 2. The summed E-state index contributed by atoms with van der Waals surface area (Å²) in [6, 6.07) is 4.21. The normalized spacial score (nSPS) is 15.4. The molecule has 0 radical (unpaired) electrons. The van der Waals surface area contributed by atoms with Crippen LogP contribution in [0.15, 0.2) is 29.3 Å². The lowest BCUT2D eigenvalue weighted by molar-refractivity contribution is -0.137. The van der Waals surface area contributed by atoms with Crippen molar-refractivity contribution in [3.63, 3.8) is 0 Å². The summed E-state index contributed by atoms with van der Waals surface area (Å²) in [7, 11) is 1.63. The number of piperidine rings is 1. The second kappa shape index (κ2) is 11.4. The van der Waals surface area contributed by atoms with Crippen LogP contribution in [0.1, 0.15) is 35.7 Å². The van der Waals surface area contributed by atoms with Crippen molar-refractivity contribution in [1.82, 2.24) is 20.9 Å². The van der Waals surface area contributed by atoms with Gasteiger partial charge in [0.2, 0.25) is 0 Å². The molecule has 11 heteroatoms. The SMILES string of the molecule is CCOC(=O)N1CCC(NC(=NC)NCCNC(=O)c2ccc(C(F)(F)F)cc2)CC1. The topological polar surface area (TPSA) is 95.1 Å². The molecule has 1 aliphatic rings. The summed E-state index contributed by atoms with van der Waals surface area (Å²) < 4.78 is 42.8. The molecule has 1 saturated heterocycles. The Labute approximate surface area is 179 Å². The van der Waals surface area contributed by atoms with Crippen LogP contribution in [0.2, 0.25) is 0 Å². The van der Waals surface area contributed by atoms with Crippen LogP contribution >= 0.6 is 0 Å². The number of amides is 2. The predicted octanol–water partition coefficient (Wildman–Crippen LogP) is 2.22. The summed E-state index contributed by atoms with van der Waals surface area (Å²) in [6.45, 7) is 3.96. The van der Waals surface area contributed by atoms with Crippen molar-refractivity contribution in [3.8, 4) is 0 Å². The first-order valence-electron chi connectivity index (χ1n) is 10.1. The molecule has 0 unspecified atom stereocenters. The fraction of sp³-hybridized carbons (Fsp3) is 0.550. The molecule has 0 atom stereocenters. The number of alkyl halides is 3. The second-order valence-electron chi connectivity index (χ2n) is 6.93. The number of nitrogens with one attached hydrogen (secondary N) is 3. The number of likely N-dealkylation sites (tertiary alicyclic amines) is 1. The Morgan fingerprint density at radius 1 is 1.13 bits per heavy atom. The van der Waals surface area contributed by atoms with Crippen LogP contribution in [-0.2, 0) is 10.9 Å². The highest BCUT2D eigenvalue weighted by atomic mass is 19.4. The minimum absolute atomic E-state index is 0.151. The van der Waals surface area contributed by atoms with Gasteiger partial charge in [-0.15, -0.1) is 0 Å². The number of halogens is 3. The van der Waals surface area contributed by atoms with E-state index in [0.717, 1.165) is 37.1 Å². The minimum atomic E-state index is -4.43. The van der Waals surface area contributed by atoms with Gasteiger partial charge in [0.15, 0.2) is 5.96 Å². The zero-order valence-corrected chi connectivity index (χ0v) is 17.6. The van der Waals surface area contributed by atoms with E-state index in [1.165, 1.54) is 0 Å². The molecule has 2 rings (SSSR count). The lowest BCUT2D eigenvalue weighted by Gasteiger charge is -2.32. The second-order valence-corrected chi connectivity index (χ2v) is 6.93. The fourth-order valence-electron chi connectivity index (χ4n) is 3.08. The number of carbonyl (C=O) groups excluding carboxylic acids is 2. The van der Waals surface area contributed by atoms with Crippen molar-refractivity contribution < 1.29 is 27.5 Å². The van der Waals surface area contributed by atoms with E-state index >= 15 is 0 Å². The highest BCUT2D eigenvalue weighted by molar-refractivity contribution is 5.94. The quantitative estimate of drug-likeness (QED) is 0.356. The van der Waals surface area contributed by atoms with Crippen molar-refractivity contribution in [2.75, 3.05) is 39.8 Å². The molecule has 0 saturated carbocycles. The maximum Gasteiger partial charge on any atom is 0.416 e. The first-order chi connectivity index (χ1) is 14.7. The summed E-state index contributed by atoms with van der Waals surface area (Å²) in [5, 5.41) is 9.00. The first kappa shape index (κ1) is 24.3. The zero-order chi connectivity index (χ0) is 22.9. The fourth-order valence-corrected chi connectivity index (χ4v) is 3.08. The van der Waals surface area contributed by atoms with Gasteiger partial charge in [0.25, 0.3) is 5.91 Å². The Kier molecular flexibility index (Phi) is 8.95. The maximum absolute atomic E-state index is 12.6. The Balaban J connectivity index is 1.69. The number of rotatable bonds is 6. The Hall–Kier alpha value is -2.98. The van der Waals surface area contributed by atoms with Gasteiger partial charge in [-0.05, 0) is 44.0 Å². The van der Waals surface area contributed by atoms with E-state index in [9.17, 15) is 22.8 Å². The Morgan fingerprint density at radius 3 is 2.29 bits per heavy atom. The van der Waals surface area contributed by atoms with Crippen LogP contribution in [0, 0.1) is 0 Å². The largest absolute Gasteiger partial charge is 0.450 e. The molecule has 1 aliphatic heterocycles. The molecule has 0 spiro atoms. The standard InChI is InChI=1S/C20H28F3N5O3/c1-3-31-19(30)28-12-8-16(9-13-28)27-18(24-2)26-11-10-25-17(29)14-4-6-15(7-5-14)20(21,22)23/h4-7,16H,3,8-13H2,1-2H3,(H,25,29)(H2,24,26,27). The maximum atomic E-state index is 12.6. The summed E-state index contributed by atoms with van der Waals surface area (Å²) in [6.07, 6.45) is -3.22. The van der Waals surface area contributed by atoms with Gasteiger partial charge in [-0.3, -0.25) is 9.79 Å². The molecule has 0 aliphatic carbocycles. The number of hydrogen-bond donors (Lipinski definition) is 3. The van der Waals surface area contributed by atoms with E-state index in [1.807, 2.05) is 0 Å². The van der Waals surface area contributed by atoms with Gasteiger partial charge in [-0.2, -0.15) is 13.2 Å². The molecule has 2 amide bonds. The molecule has 1 aromatic carbocycles. The predicted molar refractivity (Wildman–Crippen MR) is 110 cm³/mol. The van der Waals surface area contributed by atoms with Crippen LogP contribution < -0.4 is 16.0 Å². The van der Waals surface area contributed by atoms with Gasteiger partial charge < -0.3 is 25.6 Å². The lowest BCUT2D eigenvalue weighted by atomic mass is 10.1. The summed E-state index contributed by atoms with van der Waals surface area (Å²) >= 11 is 0. The molecule has 31 heavy (non-hydrogen) atoms. The molecule has 1 aromatic rings. The molecule has 0 aromatic heterocycles. The Bertz CT molecular complexity index is 760. The minimum Gasteiger partial charge on any atom is -0.450 e. The summed E-state index contributed by atoms with van der Waals surface area (Å²) in [4.78, 5) is 29.6. The molecule has 1 fully saturated rings. The molecule has 172 valence electrons. The number of ether oxygens (including phenoxy) is 1. The summed E-state index contributed by atoms with van der Waals surface area (Å²) in [5.74, 6) is 0.114. The van der Waals surface area contributed by atoms with Crippen molar-refractivity contribution in [2.24, 2.45) is 4.99 Å². The number of hydrogen-bond acceptors (Lipinski definition) is 4. The molecule has 1 heterocycles. The molecule has 3 N–H and O–H groups in total. The number of aliphatic imine (C=N–C) groups is 1. The third kappa shape index (κ3) is 7.65. The van der Waals surface area contributed by atoms with E-state index < -0.39 is 17.6 Å². The van der Waals surface area contributed by atoms with Crippen LogP contribution in [0.5, 0.6) is 0 Å². The number of guanidine groups is 1. The highest BCUT2D eigenvalue weighted by Gasteiger charge is 2.30. The van der Waals surface area contributed by atoms with Gasteiger partial charge in [0.1, 0.15) is 0 Å². The number of carbonyl (C=O) groups is 2. The molecular weight excluding hydrogens is 415 g/mol. The van der Waals surface area contributed by atoms with Gasteiger partial charge in [0, 0.05) is 44.8 Å². The summed E-state index contributed by atoms with van der Waals surface area (Å²) in [5.41, 5.74) is -0.641. The van der Waals surface area contributed by atoms with Gasteiger partial charge >= 0.3 is 12.3 Å². The highest BCUT2D eigenvalue weighted by Crippen LogP contribution is 2.29. The van der Waals surface area contributed by atoms with Gasteiger partial charge in [0.05, 0.1) is 12.2 Å². The van der Waals surface area contributed by atoms with E-state index in [1.54, 1.807) is 18.9 Å². The van der Waals surface area contributed by atoms with Crippen molar-refractivity contribution in [1.29, 1.82) is 0 Å². The molecular formula is C20H28F3N5O3. The average Bonchev–Trinajstić information content (AvgIpc) is 2.75. The van der Waals surface area contributed by atoms with Gasteiger partial charge in [-0.1, -0.05) is 0 Å². The van der Waals surface area contributed by atoms with Crippen molar-refractivity contribution in [3.05, 3.63) is 35.4 Å². The number of benzene rings is 1. The van der Waals surface area contributed by atoms with E-state index in [2.05, 4.69) is 20.9 Å². The van der Waals surface area contributed by atoms with Crippen molar-refractivity contribution in [2.45, 2.75) is 32.0 Å². The van der Waals surface area contributed by atoms with Crippen molar-refractivity contribution >= 4 is 18.0 Å². The van der Waals surface area contributed by atoms with Gasteiger partial charge in [-0.25, -0.2) is 4.79 Å². The van der Waals surface area contributed by atoms with Crippen LogP contribution in [0.4, 0.5) is 18.0 Å². The van der Waals surface area contributed by atoms with E-state index in [-0.39, 0.29) is 24.2 Å². The van der Waals surface area contributed by atoms with Crippen LogP contribution in [-0.4, -0.2) is 68.7 Å². The third-order valence-corrected chi connectivity index (χ3v) is 4.76. The third-order valence-electron chi connectivity index (χ3n) is 4.76. The monoisotopic (exact) mass is 443 g/mol. The first-order valence-corrected chi connectivity index (χ1v) is 10.1. The zero-order valence-electron chi connectivity index (χ0n) is 17.6. The molecule has 8 nitrogen and oxygen atoms in total. The van der Waals surface area contributed by atoms with E-state index in [4.69, 9.17) is 4.74 Å². The average molecular weight is 443 g/mol.